The monoisotopic (exact) mass is 285 g/mol. The first-order chi connectivity index (χ1) is 9.88. The Hall–Kier alpha value is -1.26. The van der Waals surface area contributed by atoms with Gasteiger partial charge in [-0.05, 0) is 55.9 Å². The van der Waals surface area contributed by atoms with Gasteiger partial charge < -0.3 is 0 Å². The minimum Gasteiger partial charge on any atom is -0.293 e. The minimum atomic E-state index is 0.180. The summed E-state index contributed by atoms with van der Waals surface area (Å²) in [4.78, 5) is 4.11. The average Bonchev–Trinajstić information content (AvgIpc) is 3.18. The molecule has 1 aliphatic heterocycles. The van der Waals surface area contributed by atoms with Gasteiger partial charge in [-0.3, -0.25) is 4.90 Å². The zero-order chi connectivity index (χ0) is 13.4. The van der Waals surface area contributed by atoms with E-state index < -0.39 is 0 Å². The van der Waals surface area contributed by atoms with Crippen LogP contribution < -0.4 is 0 Å². The molecule has 0 saturated carbocycles. The lowest BCUT2D eigenvalue weighted by Gasteiger charge is -2.44. The molecule has 2 aromatic rings. The summed E-state index contributed by atoms with van der Waals surface area (Å²) in [5.41, 5.74) is 2.89. The normalized spacial score (nSPS) is 26.6. The molecule has 3 nitrogen and oxygen atoms in total. The summed E-state index contributed by atoms with van der Waals surface area (Å²) in [6, 6.07) is 11.1. The highest BCUT2D eigenvalue weighted by Gasteiger charge is 2.43. The molecular formula is C16H19N3S. The Morgan fingerprint density at radius 1 is 1.10 bits per heavy atom. The fraction of sp³-hybridized carbons (Fsp3) is 0.500. The van der Waals surface area contributed by atoms with Crippen molar-refractivity contribution in [2.45, 2.75) is 37.6 Å². The van der Waals surface area contributed by atoms with Crippen molar-refractivity contribution in [3.8, 4) is 0 Å². The lowest BCUT2D eigenvalue weighted by molar-refractivity contribution is 0.0976. The van der Waals surface area contributed by atoms with Gasteiger partial charge in [0.15, 0.2) is 0 Å². The Morgan fingerprint density at radius 2 is 1.90 bits per heavy atom. The fourth-order valence-corrected chi connectivity index (χ4v) is 4.61. The van der Waals surface area contributed by atoms with Gasteiger partial charge in [-0.25, -0.2) is 0 Å². The maximum absolute atomic E-state index is 4.29. The Labute approximate surface area is 123 Å². The van der Waals surface area contributed by atoms with Crippen molar-refractivity contribution >= 4 is 11.5 Å². The molecule has 1 fully saturated rings. The van der Waals surface area contributed by atoms with E-state index in [1.807, 2.05) is 0 Å². The van der Waals surface area contributed by atoms with E-state index in [0.717, 1.165) is 12.8 Å². The number of hydrogen-bond acceptors (Lipinski definition) is 4. The molecular weight excluding hydrogens is 266 g/mol. The SMILES string of the molecule is c1ccc(C2(N3CCCC3)CCc3nnsc3C2)cc1. The van der Waals surface area contributed by atoms with Gasteiger partial charge in [-0.1, -0.05) is 34.8 Å². The first-order valence-electron chi connectivity index (χ1n) is 7.49. The maximum Gasteiger partial charge on any atom is 0.0789 e. The zero-order valence-electron chi connectivity index (χ0n) is 11.6. The summed E-state index contributed by atoms with van der Waals surface area (Å²) >= 11 is 1.59. The van der Waals surface area contributed by atoms with Crippen LogP contribution in [0.5, 0.6) is 0 Å². The van der Waals surface area contributed by atoms with E-state index in [9.17, 15) is 0 Å². The third-order valence-electron chi connectivity index (χ3n) is 4.89. The number of nitrogens with zero attached hydrogens (tertiary/aromatic N) is 3. The van der Waals surface area contributed by atoms with Crippen LogP contribution in [0, 0.1) is 0 Å². The molecule has 1 unspecified atom stereocenters. The van der Waals surface area contributed by atoms with Crippen LogP contribution in [0.2, 0.25) is 0 Å². The number of hydrogen-bond donors (Lipinski definition) is 0. The van der Waals surface area contributed by atoms with Gasteiger partial charge in [0, 0.05) is 6.42 Å². The third-order valence-corrected chi connectivity index (χ3v) is 5.65. The molecule has 0 amide bonds. The van der Waals surface area contributed by atoms with E-state index >= 15 is 0 Å². The number of rotatable bonds is 2. The maximum atomic E-state index is 4.29. The van der Waals surface area contributed by atoms with Crippen molar-refractivity contribution in [2.24, 2.45) is 0 Å². The highest BCUT2D eigenvalue weighted by Crippen LogP contribution is 2.43. The van der Waals surface area contributed by atoms with Crippen LogP contribution in [0.4, 0.5) is 0 Å². The molecule has 4 rings (SSSR count). The first-order valence-corrected chi connectivity index (χ1v) is 8.26. The number of benzene rings is 1. The fourth-order valence-electron chi connectivity index (χ4n) is 3.82. The molecule has 1 aromatic carbocycles. The van der Waals surface area contributed by atoms with E-state index in [0.29, 0.717) is 0 Å². The van der Waals surface area contributed by atoms with E-state index in [1.165, 1.54) is 48.5 Å². The lowest BCUT2D eigenvalue weighted by atomic mass is 9.76. The Balaban J connectivity index is 1.78. The lowest BCUT2D eigenvalue weighted by Crippen LogP contribution is -2.48. The molecule has 1 aromatic heterocycles. The van der Waals surface area contributed by atoms with Crippen molar-refractivity contribution in [1.82, 2.24) is 14.5 Å². The quantitative estimate of drug-likeness (QED) is 0.849. The number of likely N-dealkylation sites (tertiary alicyclic amines) is 1. The smallest absolute Gasteiger partial charge is 0.0789 e. The van der Waals surface area contributed by atoms with Gasteiger partial charge >= 0.3 is 0 Å². The van der Waals surface area contributed by atoms with Gasteiger partial charge in [0.1, 0.15) is 0 Å². The molecule has 4 heteroatoms. The summed E-state index contributed by atoms with van der Waals surface area (Å²) in [5.74, 6) is 0. The minimum absolute atomic E-state index is 0.180. The molecule has 20 heavy (non-hydrogen) atoms. The Bertz CT molecular complexity index is 589. The molecule has 1 saturated heterocycles. The second kappa shape index (κ2) is 4.93. The van der Waals surface area contributed by atoms with Crippen LogP contribution in [0.25, 0.3) is 0 Å². The average molecular weight is 285 g/mol. The molecule has 1 aliphatic carbocycles. The van der Waals surface area contributed by atoms with Crippen LogP contribution in [0.15, 0.2) is 30.3 Å². The highest BCUT2D eigenvalue weighted by molar-refractivity contribution is 7.05. The third kappa shape index (κ3) is 1.90. The molecule has 2 heterocycles. The van der Waals surface area contributed by atoms with Gasteiger partial charge in [0.2, 0.25) is 0 Å². The zero-order valence-corrected chi connectivity index (χ0v) is 12.4. The predicted octanol–water partition coefficient (Wildman–Crippen LogP) is 3.02. The first kappa shape index (κ1) is 12.5. The van der Waals surface area contributed by atoms with Crippen LogP contribution in [0.1, 0.15) is 35.4 Å². The summed E-state index contributed by atoms with van der Waals surface area (Å²) in [6.45, 7) is 2.47. The predicted molar refractivity (Wildman–Crippen MR) is 80.9 cm³/mol. The van der Waals surface area contributed by atoms with Crippen molar-refractivity contribution in [2.75, 3.05) is 13.1 Å². The highest BCUT2D eigenvalue weighted by atomic mass is 32.1. The van der Waals surface area contributed by atoms with Crippen molar-refractivity contribution in [1.29, 1.82) is 0 Å². The van der Waals surface area contributed by atoms with Crippen molar-refractivity contribution in [3.05, 3.63) is 46.5 Å². The van der Waals surface area contributed by atoms with Crippen LogP contribution in [-0.4, -0.2) is 27.6 Å². The summed E-state index contributed by atoms with van der Waals surface area (Å²) in [6.07, 6.45) is 6.00. The van der Waals surface area contributed by atoms with Crippen molar-refractivity contribution < 1.29 is 0 Å². The van der Waals surface area contributed by atoms with Gasteiger partial charge in [-0.15, -0.1) is 5.10 Å². The molecule has 0 bridgehead atoms. The Morgan fingerprint density at radius 3 is 2.70 bits per heavy atom. The largest absolute Gasteiger partial charge is 0.293 e. The summed E-state index contributed by atoms with van der Waals surface area (Å²) in [7, 11) is 0. The number of aryl methyl sites for hydroxylation is 1. The van der Waals surface area contributed by atoms with Gasteiger partial charge in [0.05, 0.1) is 16.1 Å². The topological polar surface area (TPSA) is 29.0 Å². The van der Waals surface area contributed by atoms with E-state index in [4.69, 9.17) is 0 Å². The Kier molecular flexibility index (Phi) is 3.08. The van der Waals surface area contributed by atoms with E-state index in [-0.39, 0.29) is 5.54 Å². The second-order valence-electron chi connectivity index (χ2n) is 5.91. The van der Waals surface area contributed by atoms with Crippen LogP contribution in [0.3, 0.4) is 0 Å². The number of aromatic nitrogens is 2. The molecule has 1 atom stereocenters. The molecule has 2 aliphatic rings. The number of fused-ring (bicyclic) bond motifs is 1. The summed E-state index contributed by atoms with van der Waals surface area (Å²) < 4.78 is 4.16. The van der Waals surface area contributed by atoms with Crippen LogP contribution >= 0.6 is 11.5 Å². The standard InChI is InChI=1S/C16H19N3S/c1-2-6-13(7-3-1)16(19-10-4-5-11-19)9-8-14-15(12-16)20-18-17-14/h1-3,6-7H,4-5,8-12H2. The van der Waals surface area contributed by atoms with E-state index in [2.05, 4.69) is 44.8 Å². The molecule has 0 N–H and O–H groups in total. The van der Waals surface area contributed by atoms with Crippen LogP contribution in [-0.2, 0) is 18.4 Å². The summed E-state index contributed by atoms with van der Waals surface area (Å²) in [5, 5.41) is 4.29. The van der Waals surface area contributed by atoms with Crippen molar-refractivity contribution in [3.63, 3.8) is 0 Å². The molecule has 0 radical (unpaired) electrons. The second-order valence-corrected chi connectivity index (χ2v) is 6.75. The van der Waals surface area contributed by atoms with Gasteiger partial charge in [-0.2, -0.15) is 0 Å². The van der Waals surface area contributed by atoms with Gasteiger partial charge in [0.25, 0.3) is 0 Å². The molecule has 0 spiro atoms. The molecule has 104 valence electrons. The van der Waals surface area contributed by atoms with E-state index in [1.54, 1.807) is 11.5 Å².